The van der Waals surface area contributed by atoms with Gasteiger partial charge in [-0.05, 0) is 47.0 Å². The third kappa shape index (κ3) is 4.09. The Labute approximate surface area is 128 Å². The van der Waals surface area contributed by atoms with E-state index < -0.39 is 0 Å². The minimum absolute atomic E-state index is 0.332. The molecule has 2 nitrogen and oxygen atoms in total. The summed E-state index contributed by atoms with van der Waals surface area (Å²) in [5, 5.41) is 4.53. The lowest BCUT2D eigenvalue weighted by Gasteiger charge is -2.25. The monoisotopic (exact) mass is 378 g/mol. The van der Waals surface area contributed by atoms with E-state index in [4.69, 9.17) is 0 Å². The predicted octanol–water partition coefficient (Wildman–Crippen LogP) is 4.88. The van der Waals surface area contributed by atoms with E-state index in [2.05, 4.69) is 64.7 Å². The molecule has 0 aliphatic carbocycles. The molecule has 0 amide bonds. The van der Waals surface area contributed by atoms with Crippen LogP contribution >= 0.6 is 31.9 Å². The summed E-state index contributed by atoms with van der Waals surface area (Å²) >= 11 is 7.47. The summed E-state index contributed by atoms with van der Waals surface area (Å²) < 4.78 is 3.22. The van der Waals surface area contributed by atoms with Gasteiger partial charge in [-0.25, -0.2) is 0 Å². The molecule has 0 aliphatic rings. The van der Waals surface area contributed by atoms with Crippen LogP contribution in [-0.2, 0) is 19.9 Å². The molecule has 1 unspecified atom stereocenters. The number of halogens is 2. The molecule has 0 saturated heterocycles. The first kappa shape index (κ1) is 16.2. The molecule has 1 aromatic rings. The minimum Gasteiger partial charge on any atom is -0.271 e. The van der Waals surface area contributed by atoms with Crippen molar-refractivity contribution in [3.05, 3.63) is 15.9 Å². The number of aromatic nitrogens is 2. The van der Waals surface area contributed by atoms with Crippen molar-refractivity contribution in [2.75, 3.05) is 0 Å². The van der Waals surface area contributed by atoms with Crippen molar-refractivity contribution in [2.45, 2.75) is 58.2 Å². The quantitative estimate of drug-likeness (QED) is 0.666. The summed E-state index contributed by atoms with van der Waals surface area (Å²) in [6.07, 6.45) is 4.46. The second-order valence-electron chi connectivity index (χ2n) is 5.91. The molecule has 0 aliphatic heterocycles. The normalized spacial score (nSPS) is 13.9. The van der Waals surface area contributed by atoms with Crippen LogP contribution < -0.4 is 0 Å². The zero-order valence-electron chi connectivity index (χ0n) is 12.1. The first-order chi connectivity index (χ1) is 8.27. The standard InChI is InChI=1S/C14H24Br2N2/c1-6-10-13(16)11(18(5)17-10)8-7-9-12(15)14(2,3)4/h12H,6-9H2,1-5H3. The SMILES string of the molecule is CCc1nn(C)c(CCCC(Br)C(C)(C)C)c1Br. The van der Waals surface area contributed by atoms with Crippen LogP contribution in [0.4, 0.5) is 0 Å². The number of rotatable bonds is 5. The van der Waals surface area contributed by atoms with Crippen LogP contribution in [0.1, 0.15) is 51.9 Å². The summed E-state index contributed by atoms with van der Waals surface area (Å²) in [5.41, 5.74) is 2.82. The molecule has 0 saturated carbocycles. The molecule has 1 rings (SSSR count). The second-order valence-corrected chi connectivity index (χ2v) is 7.81. The maximum absolute atomic E-state index is 4.53. The molecule has 0 fully saturated rings. The number of nitrogens with zero attached hydrogens (tertiary/aromatic N) is 2. The van der Waals surface area contributed by atoms with Crippen LogP contribution in [0, 0.1) is 5.41 Å². The van der Waals surface area contributed by atoms with Crippen LogP contribution in [0.2, 0.25) is 0 Å². The lowest BCUT2D eigenvalue weighted by molar-refractivity contribution is 0.379. The van der Waals surface area contributed by atoms with Gasteiger partial charge < -0.3 is 0 Å². The Balaban J connectivity index is 2.57. The van der Waals surface area contributed by atoms with E-state index >= 15 is 0 Å². The number of alkyl halides is 1. The highest BCUT2D eigenvalue weighted by molar-refractivity contribution is 9.10. The Bertz CT molecular complexity index is 391. The van der Waals surface area contributed by atoms with Gasteiger partial charge in [-0.2, -0.15) is 5.10 Å². The highest BCUT2D eigenvalue weighted by Crippen LogP contribution is 2.31. The molecule has 0 spiro atoms. The Morgan fingerprint density at radius 1 is 1.33 bits per heavy atom. The fraction of sp³-hybridized carbons (Fsp3) is 0.786. The third-order valence-corrected chi connectivity index (χ3v) is 6.06. The van der Waals surface area contributed by atoms with Crippen molar-refractivity contribution in [2.24, 2.45) is 12.5 Å². The predicted molar refractivity (Wildman–Crippen MR) is 85.4 cm³/mol. The molecule has 0 N–H and O–H groups in total. The zero-order chi connectivity index (χ0) is 13.9. The molecular weight excluding hydrogens is 356 g/mol. The maximum atomic E-state index is 4.53. The highest BCUT2D eigenvalue weighted by atomic mass is 79.9. The van der Waals surface area contributed by atoms with Crippen LogP contribution in [-0.4, -0.2) is 14.6 Å². The molecule has 104 valence electrons. The Morgan fingerprint density at radius 2 is 1.94 bits per heavy atom. The molecule has 1 heterocycles. The molecule has 1 aromatic heterocycles. The van der Waals surface area contributed by atoms with E-state index in [1.807, 2.05) is 11.7 Å². The first-order valence-electron chi connectivity index (χ1n) is 6.61. The van der Waals surface area contributed by atoms with Gasteiger partial charge in [-0.15, -0.1) is 0 Å². The fourth-order valence-electron chi connectivity index (χ4n) is 1.97. The zero-order valence-corrected chi connectivity index (χ0v) is 15.2. The van der Waals surface area contributed by atoms with Crippen LogP contribution in [0.5, 0.6) is 0 Å². The number of hydrogen-bond donors (Lipinski definition) is 0. The van der Waals surface area contributed by atoms with Gasteiger partial charge in [0.15, 0.2) is 0 Å². The molecule has 18 heavy (non-hydrogen) atoms. The van der Waals surface area contributed by atoms with Gasteiger partial charge in [0, 0.05) is 11.9 Å². The van der Waals surface area contributed by atoms with Gasteiger partial charge in [-0.1, -0.05) is 43.6 Å². The molecule has 0 radical (unpaired) electrons. The maximum Gasteiger partial charge on any atom is 0.0766 e. The van der Waals surface area contributed by atoms with Gasteiger partial charge in [0.25, 0.3) is 0 Å². The summed E-state index contributed by atoms with van der Waals surface area (Å²) in [6, 6.07) is 0. The van der Waals surface area contributed by atoms with Gasteiger partial charge >= 0.3 is 0 Å². The third-order valence-electron chi connectivity index (χ3n) is 3.31. The van der Waals surface area contributed by atoms with Crippen molar-refractivity contribution in [3.63, 3.8) is 0 Å². The van der Waals surface area contributed by atoms with Crippen molar-refractivity contribution in [1.82, 2.24) is 9.78 Å². The van der Waals surface area contributed by atoms with Gasteiger partial charge in [-0.3, -0.25) is 4.68 Å². The van der Waals surface area contributed by atoms with Crippen LogP contribution in [0.3, 0.4) is 0 Å². The number of aryl methyl sites for hydroxylation is 2. The summed E-state index contributed by atoms with van der Waals surface area (Å²) in [7, 11) is 2.04. The molecule has 4 heteroatoms. The molecule has 1 atom stereocenters. The average Bonchev–Trinajstić information content (AvgIpc) is 2.54. The summed E-state index contributed by atoms with van der Waals surface area (Å²) in [4.78, 5) is 0.572. The van der Waals surface area contributed by atoms with Crippen molar-refractivity contribution < 1.29 is 0 Å². The Hall–Kier alpha value is 0.170. The smallest absolute Gasteiger partial charge is 0.0766 e. The molecule has 0 bridgehead atoms. The first-order valence-corrected chi connectivity index (χ1v) is 8.32. The number of hydrogen-bond acceptors (Lipinski definition) is 1. The Morgan fingerprint density at radius 3 is 2.39 bits per heavy atom. The van der Waals surface area contributed by atoms with Gasteiger partial charge in [0.05, 0.1) is 15.9 Å². The van der Waals surface area contributed by atoms with Crippen molar-refractivity contribution >= 4 is 31.9 Å². The second kappa shape index (κ2) is 6.56. The average molecular weight is 380 g/mol. The topological polar surface area (TPSA) is 17.8 Å². The van der Waals surface area contributed by atoms with E-state index in [-0.39, 0.29) is 0 Å². The van der Waals surface area contributed by atoms with E-state index in [0.29, 0.717) is 10.2 Å². The van der Waals surface area contributed by atoms with Crippen LogP contribution in [0.15, 0.2) is 4.47 Å². The van der Waals surface area contributed by atoms with Gasteiger partial charge in [0.1, 0.15) is 0 Å². The van der Waals surface area contributed by atoms with E-state index in [9.17, 15) is 0 Å². The largest absolute Gasteiger partial charge is 0.271 e. The summed E-state index contributed by atoms with van der Waals surface area (Å²) in [5.74, 6) is 0. The van der Waals surface area contributed by atoms with E-state index in [1.54, 1.807) is 0 Å². The van der Waals surface area contributed by atoms with E-state index in [1.165, 1.54) is 28.7 Å². The van der Waals surface area contributed by atoms with Crippen molar-refractivity contribution in [3.8, 4) is 0 Å². The minimum atomic E-state index is 0.332. The van der Waals surface area contributed by atoms with Gasteiger partial charge in [0.2, 0.25) is 0 Å². The fourth-order valence-corrected chi connectivity index (χ4v) is 3.11. The molecular formula is C14H24Br2N2. The Kier molecular flexibility index (Phi) is 5.91. The highest BCUT2D eigenvalue weighted by Gasteiger charge is 2.21. The summed E-state index contributed by atoms with van der Waals surface area (Å²) in [6.45, 7) is 8.98. The van der Waals surface area contributed by atoms with Crippen LogP contribution in [0.25, 0.3) is 0 Å². The van der Waals surface area contributed by atoms with E-state index in [0.717, 1.165) is 12.8 Å². The lowest BCUT2D eigenvalue weighted by atomic mass is 9.89. The lowest BCUT2D eigenvalue weighted by Crippen LogP contribution is -2.20. The molecule has 0 aromatic carbocycles. The van der Waals surface area contributed by atoms with Crippen molar-refractivity contribution in [1.29, 1.82) is 0 Å².